The number of sulfone groups is 1. The molecule has 6 heteroatoms. The van der Waals surface area contributed by atoms with Crippen molar-refractivity contribution in [2.45, 2.75) is 18.1 Å². The first kappa shape index (κ1) is 12.9. The summed E-state index contributed by atoms with van der Waals surface area (Å²) in [5.74, 6) is -0.713. The minimum atomic E-state index is -3.44. The van der Waals surface area contributed by atoms with Crippen LogP contribution in [0.4, 0.5) is 0 Å². The lowest BCUT2D eigenvalue weighted by molar-refractivity contribution is -0.143. The van der Waals surface area contributed by atoms with E-state index in [1.807, 2.05) is 0 Å². The summed E-state index contributed by atoms with van der Waals surface area (Å²) in [7, 11) is -2.26. The van der Waals surface area contributed by atoms with Crippen molar-refractivity contribution in [2.75, 3.05) is 18.7 Å². The van der Waals surface area contributed by atoms with Crippen LogP contribution in [0, 0.1) is 0 Å². The second kappa shape index (κ2) is 4.41. The third kappa shape index (κ3) is 2.67. The molecule has 0 rings (SSSR count). The number of carbonyl (C=O) groups excluding carboxylic acids is 1. The Morgan fingerprint density at radius 2 is 2.00 bits per heavy atom. The van der Waals surface area contributed by atoms with E-state index in [2.05, 4.69) is 20.7 Å². The van der Waals surface area contributed by atoms with Crippen LogP contribution in [0.5, 0.6) is 0 Å². The van der Waals surface area contributed by atoms with Gasteiger partial charge in [-0.15, -0.1) is 0 Å². The summed E-state index contributed by atoms with van der Waals surface area (Å²) in [4.78, 5) is 11.2. The van der Waals surface area contributed by atoms with Crippen molar-refractivity contribution in [3.05, 3.63) is 0 Å². The van der Waals surface area contributed by atoms with E-state index < -0.39 is 20.6 Å². The van der Waals surface area contributed by atoms with Crippen LogP contribution in [0.1, 0.15) is 13.3 Å². The molecule has 0 radical (unpaired) electrons. The number of halogens is 1. The average molecular weight is 273 g/mol. The summed E-state index contributed by atoms with van der Waals surface area (Å²) in [6, 6.07) is 0. The fourth-order valence-corrected chi connectivity index (χ4v) is 2.75. The van der Waals surface area contributed by atoms with Gasteiger partial charge in [0, 0.05) is 11.6 Å². The smallest absolute Gasteiger partial charge is 0.326 e. The number of carbonyl (C=O) groups is 1. The number of alkyl halides is 1. The second-order valence-corrected chi connectivity index (χ2v) is 6.17. The van der Waals surface area contributed by atoms with Crippen LogP contribution in [0.15, 0.2) is 0 Å². The first-order valence-electron chi connectivity index (χ1n) is 3.63. The highest BCUT2D eigenvalue weighted by Gasteiger charge is 2.43. The van der Waals surface area contributed by atoms with E-state index in [0.29, 0.717) is 5.33 Å². The normalized spacial score (nSPS) is 16.3. The largest absolute Gasteiger partial charge is 0.468 e. The first-order chi connectivity index (χ1) is 5.79. The molecule has 0 saturated carbocycles. The molecule has 13 heavy (non-hydrogen) atoms. The molecule has 0 aliphatic rings. The van der Waals surface area contributed by atoms with Gasteiger partial charge in [0.25, 0.3) is 0 Å². The predicted octanol–water partition coefficient (Wildman–Crippen LogP) is 0.748. The minimum absolute atomic E-state index is 0.207. The monoisotopic (exact) mass is 272 g/mol. The maximum atomic E-state index is 11.3. The lowest BCUT2D eigenvalue weighted by Crippen LogP contribution is -2.44. The molecule has 0 amide bonds. The number of hydrogen-bond acceptors (Lipinski definition) is 4. The number of rotatable bonds is 4. The van der Waals surface area contributed by atoms with Crippen molar-refractivity contribution < 1.29 is 17.9 Å². The highest BCUT2D eigenvalue weighted by atomic mass is 79.9. The summed E-state index contributed by atoms with van der Waals surface area (Å²) in [6.07, 6.45) is 1.24. The van der Waals surface area contributed by atoms with Gasteiger partial charge in [0.2, 0.25) is 0 Å². The van der Waals surface area contributed by atoms with Crippen molar-refractivity contribution in [3.8, 4) is 0 Å². The van der Waals surface area contributed by atoms with E-state index in [1.54, 1.807) is 0 Å². The average Bonchev–Trinajstić information content (AvgIpc) is 2.01. The molecule has 0 heterocycles. The molecule has 0 aliphatic carbocycles. The molecule has 0 N–H and O–H groups in total. The number of hydrogen-bond donors (Lipinski definition) is 0. The molecule has 0 unspecified atom stereocenters. The Labute approximate surface area is 86.7 Å². The Morgan fingerprint density at radius 3 is 2.23 bits per heavy atom. The van der Waals surface area contributed by atoms with E-state index in [4.69, 9.17) is 0 Å². The summed E-state index contributed by atoms with van der Waals surface area (Å²) in [6.45, 7) is 1.37. The Hall–Kier alpha value is -0.100. The summed E-state index contributed by atoms with van der Waals surface area (Å²) in [5.41, 5.74) is 0. The van der Waals surface area contributed by atoms with Crippen molar-refractivity contribution in [3.63, 3.8) is 0 Å². The van der Waals surface area contributed by atoms with Gasteiger partial charge in [-0.1, -0.05) is 15.9 Å². The molecule has 0 spiro atoms. The number of ether oxygens (including phenoxy) is 1. The zero-order valence-corrected chi connectivity index (χ0v) is 10.2. The molecule has 4 nitrogen and oxygen atoms in total. The van der Waals surface area contributed by atoms with Crippen LogP contribution in [0.2, 0.25) is 0 Å². The Morgan fingerprint density at radius 1 is 1.54 bits per heavy atom. The van der Waals surface area contributed by atoms with Gasteiger partial charge in [0.05, 0.1) is 7.11 Å². The molecule has 0 fully saturated rings. The Bertz CT molecular complexity index is 285. The standard InChI is InChI=1S/C7H13BrO4S/c1-7(4-5-8,6(9)12-2)13(3,10)11/h4-5H2,1-3H3/t7-/m1/s1. The quantitative estimate of drug-likeness (QED) is 0.560. The fourth-order valence-electron chi connectivity index (χ4n) is 0.835. The molecule has 0 saturated heterocycles. The molecule has 0 aliphatic heterocycles. The maximum Gasteiger partial charge on any atom is 0.326 e. The van der Waals surface area contributed by atoms with Crippen molar-refractivity contribution in [1.82, 2.24) is 0 Å². The highest BCUT2D eigenvalue weighted by molar-refractivity contribution is 9.09. The number of methoxy groups -OCH3 is 1. The van der Waals surface area contributed by atoms with Gasteiger partial charge in [0.1, 0.15) is 0 Å². The van der Waals surface area contributed by atoms with Crippen LogP contribution < -0.4 is 0 Å². The van der Waals surface area contributed by atoms with Crippen LogP contribution >= 0.6 is 15.9 Å². The molecule has 0 aromatic carbocycles. The van der Waals surface area contributed by atoms with Gasteiger partial charge in [-0.05, 0) is 13.3 Å². The van der Waals surface area contributed by atoms with E-state index >= 15 is 0 Å². The van der Waals surface area contributed by atoms with Crippen LogP contribution in [0.3, 0.4) is 0 Å². The van der Waals surface area contributed by atoms with Gasteiger partial charge in [0.15, 0.2) is 14.6 Å². The summed E-state index contributed by atoms with van der Waals surface area (Å²) < 4.78 is 25.7. The van der Waals surface area contributed by atoms with Gasteiger partial charge in [-0.2, -0.15) is 0 Å². The van der Waals surface area contributed by atoms with E-state index in [9.17, 15) is 13.2 Å². The SMILES string of the molecule is COC(=O)[C@@](C)(CCBr)S(C)(=O)=O. The Kier molecular flexibility index (Phi) is 4.38. The van der Waals surface area contributed by atoms with Crippen LogP contribution in [0.25, 0.3) is 0 Å². The molecule has 78 valence electrons. The third-order valence-corrected chi connectivity index (χ3v) is 4.41. The van der Waals surface area contributed by atoms with Crippen molar-refractivity contribution >= 4 is 31.7 Å². The zero-order valence-electron chi connectivity index (χ0n) is 7.83. The molecule has 0 aromatic rings. The maximum absolute atomic E-state index is 11.3. The van der Waals surface area contributed by atoms with E-state index in [-0.39, 0.29) is 6.42 Å². The lowest BCUT2D eigenvalue weighted by atomic mass is 10.1. The van der Waals surface area contributed by atoms with Crippen LogP contribution in [-0.2, 0) is 19.4 Å². The molecular weight excluding hydrogens is 260 g/mol. The molecule has 1 atom stereocenters. The molecular formula is C7H13BrO4S. The minimum Gasteiger partial charge on any atom is -0.468 e. The molecule has 0 bridgehead atoms. The Balaban J connectivity index is 5.08. The van der Waals surface area contributed by atoms with Crippen molar-refractivity contribution in [1.29, 1.82) is 0 Å². The van der Waals surface area contributed by atoms with Gasteiger partial charge < -0.3 is 4.74 Å². The highest BCUT2D eigenvalue weighted by Crippen LogP contribution is 2.23. The van der Waals surface area contributed by atoms with E-state index in [0.717, 1.165) is 6.26 Å². The summed E-state index contributed by atoms with van der Waals surface area (Å²) >= 11 is 3.10. The van der Waals surface area contributed by atoms with E-state index in [1.165, 1.54) is 14.0 Å². The lowest BCUT2D eigenvalue weighted by Gasteiger charge is -2.23. The first-order valence-corrected chi connectivity index (χ1v) is 6.65. The molecule has 0 aromatic heterocycles. The number of esters is 1. The zero-order chi connectivity index (χ0) is 10.7. The van der Waals surface area contributed by atoms with Gasteiger partial charge in [-0.25, -0.2) is 8.42 Å². The topological polar surface area (TPSA) is 60.4 Å². The van der Waals surface area contributed by atoms with Gasteiger partial charge in [-0.3, -0.25) is 4.79 Å². The fraction of sp³-hybridized carbons (Fsp3) is 0.857. The van der Waals surface area contributed by atoms with Crippen molar-refractivity contribution in [2.24, 2.45) is 0 Å². The van der Waals surface area contributed by atoms with Crippen LogP contribution in [-0.4, -0.2) is 37.8 Å². The third-order valence-electron chi connectivity index (χ3n) is 2.01. The second-order valence-electron chi connectivity index (χ2n) is 2.93. The van der Waals surface area contributed by atoms with Gasteiger partial charge >= 0.3 is 5.97 Å². The summed E-state index contributed by atoms with van der Waals surface area (Å²) in [5, 5.41) is 0.436. The predicted molar refractivity (Wildman–Crippen MR) is 53.7 cm³/mol.